The molecule has 0 spiro atoms. The third-order valence-electron chi connectivity index (χ3n) is 2.44. The predicted molar refractivity (Wildman–Crippen MR) is 78.2 cm³/mol. The number of nitrogens with zero attached hydrogens (tertiary/aromatic N) is 2. The molecule has 1 aromatic heterocycles. The maximum atomic E-state index is 6.07. The van der Waals surface area contributed by atoms with E-state index in [0.717, 1.165) is 30.1 Å². The van der Waals surface area contributed by atoms with E-state index >= 15 is 0 Å². The van der Waals surface area contributed by atoms with Crippen LogP contribution in [0.3, 0.4) is 0 Å². The fourth-order valence-corrected chi connectivity index (χ4v) is 2.33. The zero-order valence-corrected chi connectivity index (χ0v) is 12.5. The monoisotopic (exact) mass is 297 g/mol. The molecule has 2 aromatic rings. The summed E-state index contributed by atoms with van der Waals surface area (Å²) in [6.45, 7) is 5.81. The van der Waals surface area contributed by atoms with E-state index in [-0.39, 0.29) is 0 Å². The minimum atomic E-state index is 0.515. The molecule has 2 rings (SSSR count). The lowest BCUT2D eigenvalue weighted by molar-refractivity contribution is 0.473. The van der Waals surface area contributed by atoms with Crippen LogP contribution < -0.4 is 10.1 Å². The Morgan fingerprint density at radius 2 is 2.21 bits per heavy atom. The zero-order chi connectivity index (χ0) is 13.7. The van der Waals surface area contributed by atoms with Gasteiger partial charge in [-0.25, -0.2) is 0 Å². The average Bonchev–Trinajstić information content (AvgIpc) is 2.82. The molecule has 0 bridgehead atoms. The van der Waals surface area contributed by atoms with Gasteiger partial charge in [-0.2, -0.15) is 0 Å². The van der Waals surface area contributed by atoms with E-state index in [4.69, 9.17) is 16.3 Å². The molecule has 0 atom stereocenters. The Morgan fingerprint density at radius 3 is 3.00 bits per heavy atom. The summed E-state index contributed by atoms with van der Waals surface area (Å²) >= 11 is 7.50. The lowest BCUT2D eigenvalue weighted by Gasteiger charge is -2.04. The quantitative estimate of drug-likeness (QED) is 0.824. The number of benzene rings is 1. The number of halogens is 1. The molecule has 0 unspecified atom stereocenters. The summed E-state index contributed by atoms with van der Waals surface area (Å²) in [6, 6.07) is 5.64. The molecular formula is C13H16ClN3OS. The first kappa shape index (κ1) is 14.2. The van der Waals surface area contributed by atoms with Crippen molar-refractivity contribution in [3.63, 3.8) is 0 Å². The topological polar surface area (TPSA) is 47.0 Å². The van der Waals surface area contributed by atoms with Gasteiger partial charge < -0.3 is 10.1 Å². The van der Waals surface area contributed by atoms with Crippen molar-refractivity contribution in [2.24, 2.45) is 0 Å². The molecule has 0 aliphatic rings. The second kappa shape index (κ2) is 6.84. The van der Waals surface area contributed by atoms with Gasteiger partial charge in [0.15, 0.2) is 0 Å². The molecule has 0 saturated heterocycles. The van der Waals surface area contributed by atoms with E-state index in [1.807, 2.05) is 25.1 Å². The highest BCUT2D eigenvalue weighted by atomic mass is 35.5. The van der Waals surface area contributed by atoms with Crippen LogP contribution in [0.4, 0.5) is 0 Å². The van der Waals surface area contributed by atoms with Crippen LogP contribution in [0, 0.1) is 6.92 Å². The Hall–Kier alpha value is -1.17. The van der Waals surface area contributed by atoms with Gasteiger partial charge in [-0.05, 0) is 37.6 Å². The SMILES string of the molecule is CCCNCc1nnc(Oc2cc(C)ccc2Cl)s1. The third kappa shape index (κ3) is 4.16. The first-order valence-corrected chi connectivity index (χ1v) is 7.35. The van der Waals surface area contributed by atoms with Gasteiger partial charge in [0.05, 0.1) is 5.02 Å². The third-order valence-corrected chi connectivity index (χ3v) is 3.55. The van der Waals surface area contributed by atoms with Crippen LogP contribution in [0.2, 0.25) is 5.02 Å². The highest BCUT2D eigenvalue weighted by Gasteiger charge is 2.08. The van der Waals surface area contributed by atoms with E-state index in [2.05, 4.69) is 22.4 Å². The summed E-state index contributed by atoms with van der Waals surface area (Å²) in [4.78, 5) is 0. The van der Waals surface area contributed by atoms with Crippen molar-refractivity contribution in [3.8, 4) is 10.9 Å². The van der Waals surface area contributed by atoms with Crippen molar-refractivity contribution in [2.45, 2.75) is 26.8 Å². The fourth-order valence-electron chi connectivity index (χ4n) is 1.51. The molecular weight excluding hydrogens is 282 g/mol. The minimum Gasteiger partial charge on any atom is -0.428 e. The molecule has 19 heavy (non-hydrogen) atoms. The van der Waals surface area contributed by atoms with Crippen LogP contribution in [0.25, 0.3) is 0 Å². The molecule has 0 fully saturated rings. The average molecular weight is 298 g/mol. The van der Waals surface area contributed by atoms with Crippen molar-refractivity contribution in [1.82, 2.24) is 15.5 Å². The molecule has 4 nitrogen and oxygen atoms in total. The molecule has 0 aliphatic heterocycles. The molecule has 6 heteroatoms. The Balaban J connectivity index is 2.01. The second-order valence-corrected chi connectivity index (χ2v) is 5.61. The standard InChI is InChI=1S/C13H16ClN3OS/c1-3-6-15-8-12-16-17-13(19-12)18-11-7-9(2)4-5-10(11)14/h4-5,7,15H,3,6,8H2,1-2H3. The number of aromatic nitrogens is 2. The van der Waals surface area contributed by atoms with Crippen molar-refractivity contribution < 1.29 is 4.74 Å². The number of hydrogen-bond donors (Lipinski definition) is 1. The number of rotatable bonds is 6. The number of nitrogens with one attached hydrogen (secondary N) is 1. The van der Waals surface area contributed by atoms with Crippen molar-refractivity contribution in [2.75, 3.05) is 6.54 Å². The van der Waals surface area contributed by atoms with Gasteiger partial charge in [-0.1, -0.05) is 41.0 Å². The van der Waals surface area contributed by atoms with E-state index in [1.54, 1.807) is 0 Å². The van der Waals surface area contributed by atoms with Crippen LogP contribution in [0.5, 0.6) is 10.9 Å². The maximum absolute atomic E-state index is 6.07. The summed E-state index contributed by atoms with van der Waals surface area (Å²) < 4.78 is 5.66. The maximum Gasteiger partial charge on any atom is 0.299 e. The van der Waals surface area contributed by atoms with Crippen LogP contribution in [-0.2, 0) is 6.54 Å². The highest BCUT2D eigenvalue weighted by molar-refractivity contribution is 7.13. The van der Waals surface area contributed by atoms with Gasteiger partial charge in [-0.15, -0.1) is 5.10 Å². The Bertz CT molecular complexity index is 544. The number of aryl methyl sites for hydroxylation is 1. The van der Waals surface area contributed by atoms with Crippen LogP contribution in [0.15, 0.2) is 18.2 Å². The van der Waals surface area contributed by atoms with Gasteiger partial charge in [0.25, 0.3) is 5.19 Å². The fraction of sp³-hybridized carbons (Fsp3) is 0.385. The summed E-state index contributed by atoms with van der Waals surface area (Å²) in [5.41, 5.74) is 1.09. The largest absolute Gasteiger partial charge is 0.428 e. The molecule has 1 N–H and O–H groups in total. The lowest BCUT2D eigenvalue weighted by atomic mass is 10.2. The van der Waals surface area contributed by atoms with Crippen molar-refractivity contribution in [1.29, 1.82) is 0 Å². The molecule has 0 saturated carbocycles. The molecule has 0 aliphatic carbocycles. The van der Waals surface area contributed by atoms with E-state index in [0.29, 0.717) is 16.0 Å². The smallest absolute Gasteiger partial charge is 0.299 e. The number of ether oxygens (including phenoxy) is 1. The summed E-state index contributed by atoms with van der Waals surface area (Å²) in [7, 11) is 0. The normalized spacial score (nSPS) is 10.7. The second-order valence-electron chi connectivity index (χ2n) is 4.17. The zero-order valence-electron chi connectivity index (χ0n) is 10.9. The van der Waals surface area contributed by atoms with E-state index in [1.165, 1.54) is 11.3 Å². The first-order chi connectivity index (χ1) is 9.19. The van der Waals surface area contributed by atoms with Gasteiger partial charge in [-0.3, -0.25) is 0 Å². The van der Waals surface area contributed by atoms with Crippen LogP contribution in [-0.4, -0.2) is 16.7 Å². The van der Waals surface area contributed by atoms with Crippen molar-refractivity contribution >= 4 is 22.9 Å². The first-order valence-electron chi connectivity index (χ1n) is 6.16. The Morgan fingerprint density at radius 1 is 1.37 bits per heavy atom. The van der Waals surface area contributed by atoms with Gasteiger partial charge in [0.1, 0.15) is 10.8 Å². The summed E-state index contributed by atoms with van der Waals surface area (Å²) in [5.74, 6) is 0.617. The Labute approximate surface area is 121 Å². The van der Waals surface area contributed by atoms with Gasteiger partial charge in [0.2, 0.25) is 0 Å². The lowest BCUT2D eigenvalue weighted by Crippen LogP contribution is -2.13. The highest BCUT2D eigenvalue weighted by Crippen LogP contribution is 2.31. The van der Waals surface area contributed by atoms with Gasteiger partial charge in [0, 0.05) is 6.54 Å². The van der Waals surface area contributed by atoms with E-state index < -0.39 is 0 Å². The van der Waals surface area contributed by atoms with Gasteiger partial charge >= 0.3 is 0 Å². The van der Waals surface area contributed by atoms with Crippen LogP contribution in [0.1, 0.15) is 23.9 Å². The molecule has 0 radical (unpaired) electrons. The summed E-state index contributed by atoms with van der Waals surface area (Å²) in [6.07, 6.45) is 1.10. The molecule has 1 heterocycles. The predicted octanol–water partition coefficient (Wildman–Crippen LogP) is 3.79. The minimum absolute atomic E-state index is 0.515. The molecule has 0 amide bonds. The Kier molecular flexibility index (Phi) is 5.13. The molecule has 102 valence electrons. The number of hydrogen-bond acceptors (Lipinski definition) is 5. The van der Waals surface area contributed by atoms with Crippen LogP contribution >= 0.6 is 22.9 Å². The van der Waals surface area contributed by atoms with E-state index in [9.17, 15) is 0 Å². The summed E-state index contributed by atoms with van der Waals surface area (Å²) in [5, 5.41) is 13.4. The van der Waals surface area contributed by atoms with Crippen molar-refractivity contribution in [3.05, 3.63) is 33.8 Å². The molecule has 1 aromatic carbocycles.